The molecule has 2 heterocycles. The van der Waals surface area contributed by atoms with E-state index in [2.05, 4.69) is 9.72 Å². The zero-order valence-electron chi connectivity index (χ0n) is 13.4. The highest BCUT2D eigenvalue weighted by Gasteiger charge is 2.31. The zero-order valence-corrected chi connectivity index (χ0v) is 13.4. The summed E-state index contributed by atoms with van der Waals surface area (Å²) in [5.74, 6) is -1.79. The lowest BCUT2D eigenvalue weighted by molar-refractivity contribution is -0.274. The summed E-state index contributed by atoms with van der Waals surface area (Å²) in [6.45, 7) is 0.642. The second kappa shape index (κ2) is 6.87. The Bertz CT molecular complexity index is 833. The number of amides is 1. The van der Waals surface area contributed by atoms with Crippen LogP contribution in [0.4, 0.5) is 13.2 Å². The largest absolute Gasteiger partial charge is 0.573 e. The number of nitrogens with one attached hydrogen (secondary N) is 1. The van der Waals surface area contributed by atoms with Crippen molar-refractivity contribution >= 4 is 22.8 Å². The molecule has 1 aliphatic heterocycles. The second-order valence-corrected chi connectivity index (χ2v) is 5.82. The van der Waals surface area contributed by atoms with Crippen molar-refractivity contribution in [1.82, 2.24) is 9.88 Å². The van der Waals surface area contributed by atoms with Crippen LogP contribution in [0.5, 0.6) is 5.75 Å². The smallest absolute Gasteiger partial charge is 0.481 e. The van der Waals surface area contributed by atoms with Crippen molar-refractivity contribution in [3.05, 3.63) is 30.0 Å². The summed E-state index contributed by atoms with van der Waals surface area (Å²) in [4.78, 5) is 27.6. The third kappa shape index (κ3) is 4.26. The lowest BCUT2D eigenvalue weighted by Gasteiger charge is -2.32. The van der Waals surface area contributed by atoms with Crippen molar-refractivity contribution < 1.29 is 37.3 Å². The normalized spacial score (nSPS) is 18.1. The van der Waals surface area contributed by atoms with Crippen LogP contribution in [0.3, 0.4) is 0 Å². The van der Waals surface area contributed by atoms with Gasteiger partial charge < -0.3 is 24.5 Å². The minimum Gasteiger partial charge on any atom is -0.481 e. The number of nitrogens with zero attached hydrogens (tertiary/aromatic N) is 1. The Balaban J connectivity index is 1.77. The van der Waals surface area contributed by atoms with E-state index in [-0.39, 0.29) is 31.2 Å². The van der Waals surface area contributed by atoms with Gasteiger partial charge >= 0.3 is 12.3 Å². The highest BCUT2D eigenvalue weighted by molar-refractivity contribution is 5.98. The molecule has 0 spiro atoms. The number of hydrogen-bond acceptors (Lipinski definition) is 4. The average Bonchev–Trinajstić information content (AvgIpc) is 2.95. The molecule has 1 atom stereocenters. The van der Waals surface area contributed by atoms with Crippen molar-refractivity contribution in [1.29, 1.82) is 0 Å². The number of carboxylic acids is 1. The third-order valence-corrected chi connectivity index (χ3v) is 3.89. The highest BCUT2D eigenvalue weighted by Crippen LogP contribution is 2.27. The first kappa shape index (κ1) is 18.1. The molecule has 26 heavy (non-hydrogen) atoms. The molecule has 7 nitrogen and oxygen atoms in total. The fourth-order valence-electron chi connectivity index (χ4n) is 2.81. The minimum absolute atomic E-state index is 0.128. The van der Waals surface area contributed by atoms with Gasteiger partial charge in [0, 0.05) is 30.1 Å². The molecule has 3 rings (SSSR count). The number of carbonyl (C=O) groups excluding carboxylic acids is 1. The van der Waals surface area contributed by atoms with E-state index < -0.39 is 24.2 Å². The van der Waals surface area contributed by atoms with Crippen molar-refractivity contribution in [2.45, 2.75) is 18.9 Å². The fourth-order valence-corrected chi connectivity index (χ4v) is 2.81. The molecular formula is C16H15F3N2O5. The van der Waals surface area contributed by atoms with E-state index in [0.717, 1.165) is 12.1 Å². The molecule has 10 heteroatoms. The van der Waals surface area contributed by atoms with Gasteiger partial charge in [-0.05, 0) is 18.2 Å². The van der Waals surface area contributed by atoms with Gasteiger partial charge in [0.15, 0.2) is 0 Å². The molecule has 1 aromatic carbocycles. The molecular weight excluding hydrogens is 357 g/mol. The van der Waals surface area contributed by atoms with E-state index in [1.165, 1.54) is 17.0 Å². The number of carboxylic acid groups (broad SMARTS) is 1. The summed E-state index contributed by atoms with van der Waals surface area (Å²) in [6.07, 6.45) is -5.61. The van der Waals surface area contributed by atoms with Crippen LogP contribution in [-0.4, -0.2) is 59.0 Å². The monoisotopic (exact) mass is 372 g/mol. The lowest BCUT2D eigenvalue weighted by Crippen LogP contribution is -2.46. The Kier molecular flexibility index (Phi) is 4.77. The number of aliphatic carboxylic acids is 1. The van der Waals surface area contributed by atoms with E-state index in [4.69, 9.17) is 9.84 Å². The summed E-state index contributed by atoms with van der Waals surface area (Å²) in [5.41, 5.74) is 0.519. The topological polar surface area (TPSA) is 91.9 Å². The molecule has 1 aliphatic rings. The highest BCUT2D eigenvalue weighted by atomic mass is 19.4. The molecule has 0 bridgehead atoms. The first-order valence-corrected chi connectivity index (χ1v) is 7.72. The number of aromatic amines is 1. The van der Waals surface area contributed by atoms with Gasteiger partial charge in [-0.1, -0.05) is 0 Å². The van der Waals surface area contributed by atoms with Gasteiger partial charge in [-0.2, -0.15) is 0 Å². The van der Waals surface area contributed by atoms with Crippen LogP contribution in [0.25, 0.3) is 10.9 Å². The van der Waals surface area contributed by atoms with Gasteiger partial charge in [-0.15, -0.1) is 13.2 Å². The van der Waals surface area contributed by atoms with Gasteiger partial charge in [0.1, 0.15) is 11.4 Å². The molecule has 0 radical (unpaired) electrons. The molecule has 140 valence electrons. The Hall–Kier alpha value is -2.75. The molecule has 0 saturated carbocycles. The molecule has 0 aliphatic carbocycles. The van der Waals surface area contributed by atoms with E-state index in [1.54, 1.807) is 0 Å². The van der Waals surface area contributed by atoms with Crippen LogP contribution >= 0.6 is 0 Å². The maximum absolute atomic E-state index is 12.6. The number of aromatic nitrogens is 1. The molecule has 1 fully saturated rings. The number of fused-ring (bicyclic) bond motifs is 1. The fraction of sp³-hybridized carbons (Fsp3) is 0.375. The number of halogens is 3. The number of ether oxygens (including phenoxy) is 2. The summed E-state index contributed by atoms with van der Waals surface area (Å²) in [5, 5.41) is 9.38. The Morgan fingerprint density at radius 1 is 1.35 bits per heavy atom. The Morgan fingerprint density at radius 3 is 2.81 bits per heavy atom. The van der Waals surface area contributed by atoms with E-state index in [1.807, 2.05) is 0 Å². The molecule has 2 aromatic rings. The van der Waals surface area contributed by atoms with Crippen LogP contribution in [-0.2, 0) is 9.53 Å². The summed E-state index contributed by atoms with van der Waals surface area (Å²) >= 11 is 0. The van der Waals surface area contributed by atoms with Crippen LogP contribution in [0.2, 0.25) is 0 Å². The van der Waals surface area contributed by atoms with E-state index in [9.17, 15) is 22.8 Å². The van der Waals surface area contributed by atoms with E-state index >= 15 is 0 Å². The molecule has 0 unspecified atom stereocenters. The quantitative estimate of drug-likeness (QED) is 0.860. The van der Waals surface area contributed by atoms with Crippen molar-refractivity contribution in [2.75, 3.05) is 19.7 Å². The first-order chi connectivity index (χ1) is 12.2. The number of rotatable bonds is 4. The summed E-state index contributed by atoms with van der Waals surface area (Å²) < 4.78 is 46.1. The second-order valence-electron chi connectivity index (χ2n) is 5.82. The maximum atomic E-state index is 12.6. The van der Waals surface area contributed by atoms with Crippen molar-refractivity contribution in [3.63, 3.8) is 0 Å². The summed E-state index contributed by atoms with van der Waals surface area (Å²) in [7, 11) is 0. The first-order valence-electron chi connectivity index (χ1n) is 7.72. The Morgan fingerprint density at radius 2 is 2.12 bits per heavy atom. The number of alkyl halides is 3. The summed E-state index contributed by atoms with van der Waals surface area (Å²) in [6, 6.07) is 5.26. The SMILES string of the molecule is O=C(O)C[C@H]1CN(C(=O)c2cc3ccc(OC(F)(F)F)cc3[nH]2)CCO1. The van der Waals surface area contributed by atoms with Gasteiger partial charge in [0.25, 0.3) is 5.91 Å². The van der Waals surface area contributed by atoms with Crippen LogP contribution in [0.15, 0.2) is 24.3 Å². The predicted molar refractivity (Wildman–Crippen MR) is 82.9 cm³/mol. The van der Waals surface area contributed by atoms with Crippen LogP contribution in [0.1, 0.15) is 16.9 Å². The number of morpholine rings is 1. The van der Waals surface area contributed by atoms with Crippen LogP contribution < -0.4 is 4.74 Å². The standard InChI is InChI=1S/C16H15F3N2O5/c17-16(18,19)26-10-2-1-9-5-13(20-12(9)6-10)15(24)21-3-4-25-11(8-21)7-14(22)23/h1-2,5-6,11,20H,3-4,7-8H2,(H,22,23)/t11-/m0/s1. The van der Waals surface area contributed by atoms with Crippen molar-refractivity contribution in [3.8, 4) is 5.75 Å². The molecule has 1 amide bonds. The number of hydrogen-bond donors (Lipinski definition) is 2. The zero-order chi connectivity index (χ0) is 18.9. The number of H-pyrrole nitrogens is 1. The van der Waals surface area contributed by atoms with Gasteiger partial charge in [-0.3, -0.25) is 9.59 Å². The predicted octanol–water partition coefficient (Wildman–Crippen LogP) is 2.38. The van der Waals surface area contributed by atoms with Gasteiger partial charge in [-0.25, -0.2) is 0 Å². The minimum atomic E-state index is -4.80. The van der Waals surface area contributed by atoms with E-state index in [0.29, 0.717) is 17.4 Å². The van der Waals surface area contributed by atoms with Crippen molar-refractivity contribution in [2.24, 2.45) is 0 Å². The van der Waals surface area contributed by atoms with Gasteiger partial charge in [0.2, 0.25) is 0 Å². The van der Waals surface area contributed by atoms with Gasteiger partial charge in [0.05, 0.1) is 19.1 Å². The molecule has 2 N–H and O–H groups in total. The Labute approximate surface area is 145 Å². The molecule has 1 saturated heterocycles. The average molecular weight is 372 g/mol. The third-order valence-electron chi connectivity index (χ3n) is 3.89. The lowest BCUT2D eigenvalue weighted by atomic mass is 10.2. The number of carbonyl (C=O) groups is 2. The van der Waals surface area contributed by atoms with Crippen LogP contribution in [0, 0.1) is 0 Å². The maximum Gasteiger partial charge on any atom is 0.573 e. The number of benzene rings is 1. The molecule has 1 aromatic heterocycles.